The molecule has 160 valence electrons. The molecule has 2 fully saturated rings. The van der Waals surface area contributed by atoms with Crippen LogP contribution in [0.2, 0.25) is 0 Å². The lowest BCUT2D eigenvalue weighted by Gasteiger charge is -2.34. The predicted octanol–water partition coefficient (Wildman–Crippen LogP) is 0.979. The van der Waals surface area contributed by atoms with Gasteiger partial charge >= 0.3 is 0 Å². The fraction of sp³-hybridized carbons (Fsp3) is 0.636. The largest absolute Gasteiger partial charge is 0.355 e. The number of hydrogen-bond acceptors (Lipinski definition) is 4. The molecule has 2 aliphatic heterocycles. The monoisotopic (exact) mass is 400 g/mol. The van der Waals surface area contributed by atoms with Crippen LogP contribution in [-0.4, -0.2) is 91.5 Å². The molecule has 2 atom stereocenters. The topological polar surface area (TPSA) is 63.2 Å². The number of amides is 1. The minimum Gasteiger partial charge on any atom is -0.355 e. The molecule has 2 saturated heterocycles. The first kappa shape index (κ1) is 21.6. The molecule has 0 bridgehead atoms. The Labute approximate surface area is 175 Å². The lowest BCUT2D eigenvalue weighted by molar-refractivity contribution is -0.130. The molecule has 2 N–H and O–H groups in total. The van der Waals surface area contributed by atoms with Crippen molar-refractivity contribution in [2.45, 2.75) is 38.9 Å². The van der Waals surface area contributed by atoms with E-state index in [2.05, 4.69) is 62.7 Å². The van der Waals surface area contributed by atoms with Crippen LogP contribution >= 0.6 is 0 Å². The molecule has 0 saturated carbocycles. The van der Waals surface area contributed by atoms with E-state index in [-0.39, 0.29) is 5.91 Å². The number of carbonyl (C=O) groups excluding carboxylic acids is 1. The Kier molecular flexibility index (Phi) is 7.89. The average Bonchev–Trinajstić information content (AvgIpc) is 3.07. The summed E-state index contributed by atoms with van der Waals surface area (Å²) in [5.41, 5.74) is 1.37. The molecule has 0 aromatic heterocycles. The van der Waals surface area contributed by atoms with E-state index in [9.17, 15) is 4.79 Å². The van der Waals surface area contributed by atoms with E-state index in [1.54, 1.807) is 6.92 Å². The molecule has 3 rings (SSSR count). The maximum atomic E-state index is 11.4. The lowest BCUT2D eigenvalue weighted by Crippen LogP contribution is -2.51. The van der Waals surface area contributed by atoms with Crippen LogP contribution in [0.4, 0.5) is 0 Å². The highest BCUT2D eigenvalue weighted by molar-refractivity contribution is 5.80. The number of benzene rings is 1. The molecule has 1 aromatic rings. The van der Waals surface area contributed by atoms with Crippen molar-refractivity contribution in [1.29, 1.82) is 0 Å². The third-order valence-electron chi connectivity index (χ3n) is 6.03. The molecule has 29 heavy (non-hydrogen) atoms. The summed E-state index contributed by atoms with van der Waals surface area (Å²) in [5, 5.41) is 7.05. The molecule has 1 aromatic carbocycles. The predicted molar refractivity (Wildman–Crippen MR) is 118 cm³/mol. The van der Waals surface area contributed by atoms with Crippen LogP contribution < -0.4 is 10.6 Å². The second kappa shape index (κ2) is 10.6. The molecular weight excluding hydrogens is 364 g/mol. The van der Waals surface area contributed by atoms with Gasteiger partial charge in [-0.2, -0.15) is 0 Å². The highest BCUT2D eigenvalue weighted by atomic mass is 16.2. The number of aliphatic imine (C=N–C) groups is 1. The second-order valence-electron chi connectivity index (χ2n) is 8.19. The van der Waals surface area contributed by atoms with Crippen LogP contribution in [0.3, 0.4) is 0 Å². The van der Waals surface area contributed by atoms with Crippen LogP contribution in [0, 0.1) is 0 Å². The Balaban J connectivity index is 1.37. The molecule has 2 unspecified atom stereocenters. The van der Waals surface area contributed by atoms with Crippen LogP contribution in [0.15, 0.2) is 35.3 Å². The number of nitrogens with one attached hydrogen (secondary N) is 2. The molecule has 7 nitrogen and oxygen atoms in total. The normalized spacial score (nSPS) is 24.0. The lowest BCUT2D eigenvalue weighted by atomic mass is 10.2. The van der Waals surface area contributed by atoms with Crippen molar-refractivity contribution in [1.82, 2.24) is 25.3 Å². The highest BCUT2D eigenvalue weighted by Crippen LogP contribution is 2.20. The van der Waals surface area contributed by atoms with Crippen molar-refractivity contribution in [3.05, 3.63) is 35.9 Å². The number of guanidine groups is 1. The first-order chi connectivity index (χ1) is 14.0. The molecule has 0 aliphatic carbocycles. The van der Waals surface area contributed by atoms with Gasteiger partial charge in [0.05, 0.1) is 0 Å². The highest BCUT2D eigenvalue weighted by Gasteiger charge is 2.29. The minimum atomic E-state index is 0.180. The summed E-state index contributed by atoms with van der Waals surface area (Å²) in [7, 11) is 1.83. The molecule has 0 radical (unpaired) electrons. The van der Waals surface area contributed by atoms with Gasteiger partial charge in [0.15, 0.2) is 5.96 Å². The quantitative estimate of drug-likeness (QED) is 0.551. The molecule has 7 heteroatoms. The number of rotatable bonds is 6. The van der Waals surface area contributed by atoms with Crippen molar-refractivity contribution in [3.8, 4) is 0 Å². The van der Waals surface area contributed by atoms with Crippen molar-refractivity contribution < 1.29 is 4.79 Å². The van der Waals surface area contributed by atoms with E-state index in [4.69, 9.17) is 0 Å². The minimum absolute atomic E-state index is 0.180. The number of likely N-dealkylation sites (tertiary alicyclic amines) is 1. The smallest absolute Gasteiger partial charge is 0.219 e. The van der Waals surface area contributed by atoms with Gasteiger partial charge in [0.25, 0.3) is 0 Å². The van der Waals surface area contributed by atoms with Gasteiger partial charge in [0.2, 0.25) is 5.91 Å². The van der Waals surface area contributed by atoms with Crippen molar-refractivity contribution in [2.75, 3.05) is 52.9 Å². The van der Waals surface area contributed by atoms with Crippen molar-refractivity contribution >= 4 is 11.9 Å². The number of nitrogens with zero attached hydrogens (tertiary/aromatic N) is 4. The number of piperazine rings is 1. The Morgan fingerprint density at radius 1 is 1.17 bits per heavy atom. The van der Waals surface area contributed by atoms with E-state index >= 15 is 0 Å². The van der Waals surface area contributed by atoms with E-state index in [0.717, 1.165) is 64.7 Å². The fourth-order valence-corrected chi connectivity index (χ4v) is 4.25. The Bertz CT molecular complexity index is 671. The Morgan fingerprint density at radius 3 is 2.55 bits per heavy atom. The maximum absolute atomic E-state index is 11.4. The summed E-state index contributed by atoms with van der Waals surface area (Å²) < 4.78 is 0. The zero-order chi connectivity index (χ0) is 20.6. The average molecular weight is 401 g/mol. The Morgan fingerprint density at radius 2 is 1.90 bits per heavy atom. The summed E-state index contributed by atoms with van der Waals surface area (Å²) in [6.07, 6.45) is 1.13. The van der Waals surface area contributed by atoms with Crippen molar-refractivity contribution in [3.63, 3.8) is 0 Å². The zero-order valence-corrected chi connectivity index (χ0v) is 18.1. The first-order valence-corrected chi connectivity index (χ1v) is 10.8. The van der Waals surface area contributed by atoms with Gasteiger partial charge in [-0.05, 0) is 18.9 Å². The summed E-state index contributed by atoms with van der Waals surface area (Å²) >= 11 is 0. The summed E-state index contributed by atoms with van der Waals surface area (Å²) in [6.45, 7) is 11.4. The van der Waals surface area contributed by atoms with Gasteiger partial charge in [-0.3, -0.25) is 19.6 Å². The second-order valence-corrected chi connectivity index (χ2v) is 8.19. The number of hydrogen-bond donors (Lipinski definition) is 2. The molecular formula is C22H36N6O. The maximum Gasteiger partial charge on any atom is 0.219 e. The van der Waals surface area contributed by atoms with Gasteiger partial charge in [0.1, 0.15) is 0 Å². The zero-order valence-electron chi connectivity index (χ0n) is 18.1. The van der Waals surface area contributed by atoms with Gasteiger partial charge in [-0.25, -0.2) is 0 Å². The SMILES string of the molecule is CN=C(NCCN1CCN(C(C)=O)CC1)NC1CC(C)N(Cc2ccccc2)C1. The van der Waals surface area contributed by atoms with E-state index in [1.165, 1.54) is 5.56 Å². The first-order valence-electron chi connectivity index (χ1n) is 10.8. The van der Waals surface area contributed by atoms with Gasteiger partial charge < -0.3 is 15.5 Å². The van der Waals surface area contributed by atoms with Crippen molar-refractivity contribution in [2.24, 2.45) is 4.99 Å². The van der Waals surface area contributed by atoms with Gasteiger partial charge in [-0.1, -0.05) is 30.3 Å². The number of carbonyl (C=O) groups is 1. The summed E-state index contributed by atoms with van der Waals surface area (Å²) in [6, 6.07) is 11.7. The van der Waals surface area contributed by atoms with Gasteiger partial charge in [-0.15, -0.1) is 0 Å². The van der Waals surface area contributed by atoms with Crippen LogP contribution in [0.5, 0.6) is 0 Å². The van der Waals surface area contributed by atoms with Crippen LogP contribution in [0.25, 0.3) is 0 Å². The molecule has 1 amide bonds. The molecule has 0 spiro atoms. The summed E-state index contributed by atoms with van der Waals surface area (Å²) in [4.78, 5) is 22.7. The van der Waals surface area contributed by atoms with E-state index < -0.39 is 0 Å². The van der Waals surface area contributed by atoms with Gasteiger partial charge in [0, 0.05) is 78.4 Å². The van der Waals surface area contributed by atoms with Crippen LogP contribution in [-0.2, 0) is 11.3 Å². The van der Waals surface area contributed by atoms with E-state index in [0.29, 0.717) is 12.1 Å². The third kappa shape index (κ3) is 6.44. The molecule has 2 aliphatic rings. The standard InChI is InChI=1S/C22H36N6O/c1-18-15-21(17-28(18)16-20-7-5-4-6-8-20)25-22(23-3)24-9-10-26-11-13-27(14-12-26)19(2)29/h4-8,18,21H,9-17H2,1-3H3,(H2,23,24,25). The summed E-state index contributed by atoms with van der Waals surface area (Å²) in [5.74, 6) is 1.06. The van der Waals surface area contributed by atoms with E-state index in [1.807, 2.05) is 11.9 Å². The Hall–Kier alpha value is -2.12. The fourth-order valence-electron chi connectivity index (χ4n) is 4.25. The molecule has 2 heterocycles. The third-order valence-corrected chi connectivity index (χ3v) is 6.03. The van der Waals surface area contributed by atoms with Crippen LogP contribution in [0.1, 0.15) is 25.8 Å².